The Morgan fingerprint density at radius 1 is 1.12 bits per heavy atom. The summed E-state index contributed by atoms with van der Waals surface area (Å²) in [7, 11) is 2.20. The second kappa shape index (κ2) is 7.09. The first kappa shape index (κ1) is 19.8. The average Bonchev–Trinajstić information content (AvgIpc) is 3.07. The van der Waals surface area contributed by atoms with Gasteiger partial charge in [-0.25, -0.2) is 4.98 Å². The molecule has 5 nitrogen and oxygen atoms in total. The van der Waals surface area contributed by atoms with Crippen LogP contribution in [0.25, 0.3) is 11.0 Å². The van der Waals surface area contributed by atoms with Crippen molar-refractivity contribution in [1.29, 1.82) is 0 Å². The topological polar surface area (TPSA) is 58.4 Å². The Morgan fingerprint density at radius 2 is 1.88 bits per heavy atom. The van der Waals surface area contributed by atoms with Crippen molar-refractivity contribution in [3.8, 4) is 0 Å². The number of fused-ring (bicyclic) bond motifs is 3. The van der Waals surface area contributed by atoms with Gasteiger partial charge in [-0.1, -0.05) is 30.3 Å². The van der Waals surface area contributed by atoms with Gasteiger partial charge < -0.3 is 14.6 Å². The zero-order chi connectivity index (χ0) is 22.0. The summed E-state index contributed by atoms with van der Waals surface area (Å²) in [5.41, 5.74) is 6.67. The van der Waals surface area contributed by atoms with Crippen molar-refractivity contribution in [2.75, 3.05) is 11.9 Å². The van der Waals surface area contributed by atoms with Crippen LogP contribution in [-0.2, 0) is 17.6 Å². The summed E-state index contributed by atoms with van der Waals surface area (Å²) in [6, 6.07) is 16.2. The third-order valence-corrected chi connectivity index (χ3v) is 8.48. The molecule has 6 rings (SSSR count). The second-order valence-corrected chi connectivity index (χ2v) is 10.5. The highest BCUT2D eigenvalue weighted by Gasteiger charge is 2.55. The fourth-order valence-electron chi connectivity index (χ4n) is 6.54. The van der Waals surface area contributed by atoms with E-state index in [-0.39, 0.29) is 11.3 Å². The van der Waals surface area contributed by atoms with Gasteiger partial charge in [0.1, 0.15) is 5.82 Å². The standard InChI is InChI=1S/C27H31N3O2/c1-17-8-9-21-22(29(17)2)10-11-23-25(21)28-24(12-18-6-4-3-5-7-18)30(23)20-15-27(16-20)13-19(14-27)26(31)32/h3-7,10-11,17,19-20H,8-9,12-16H2,1-2H3,(H,31,32). The Balaban J connectivity index is 1.39. The van der Waals surface area contributed by atoms with Crippen LogP contribution >= 0.6 is 0 Å². The Bertz CT molecular complexity index is 1180. The maximum absolute atomic E-state index is 11.3. The van der Waals surface area contributed by atoms with Gasteiger partial charge in [0.15, 0.2) is 0 Å². The van der Waals surface area contributed by atoms with E-state index in [0.717, 1.165) is 50.8 Å². The Kier molecular flexibility index (Phi) is 4.40. The molecule has 3 aromatic rings. The van der Waals surface area contributed by atoms with E-state index >= 15 is 0 Å². The monoisotopic (exact) mass is 429 g/mol. The van der Waals surface area contributed by atoms with Gasteiger partial charge >= 0.3 is 5.97 Å². The Labute approximate surface area is 189 Å². The predicted octanol–water partition coefficient (Wildman–Crippen LogP) is 5.21. The molecule has 1 atom stereocenters. The largest absolute Gasteiger partial charge is 0.481 e. The number of hydrogen-bond acceptors (Lipinski definition) is 3. The molecule has 2 fully saturated rings. The molecule has 0 bridgehead atoms. The van der Waals surface area contributed by atoms with E-state index in [0.29, 0.717) is 12.1 Å². The molecule has 0 amide bonds. The summed E-state index contributed by atoms with van der Waals surface area (Å²) in [6.07, 6.45) is 6.92. The van der Waals surface area contributed by atoms with Gasteiger partial charge in [0.25, 0.3) is 0 Å². The van der Waals surface area contributed by atoms with Crippen LogP contribution in [0.4, 0.5) is 5.69 Å². The van der Waals surface area contributed by atoms with Gasteiger partial charge in [-0.15, -0.1) is 0 Å². The van der Waals surface area contributed by atoms with Crippen molar-refractivity contribution in [1.82, 2.24) is 9.55 Å². The van der Waals surface area contributed by atoms with Crippen molar-refractivity contribution in [2.24, 2.45) is 11.3 Å². The molecule has 3 aliphatic rings. The minimum Gasteiger partial charge on any atom is -0.481 e. The van der Waals surface area contributed by atoms with Crippen molar-refractivity contribution in [3.05, 3.63) is 59.4 Å². The second-order valence-electron chi connectivity index (χ2n) is 10.5. The lowest BCUT2D eigenvalue weighted by Crippen LogP contribution is -2.50. The van der Waals surface area contributed by atoms with E-state index in [4.69, 9.17) is 4.98 Å². The van der Waals surface area contributed by atoms with Crippen molar-refractivity contribution < 1.29 is 9.90 Å². The van der Waals surface area contributed by atoms with Gasteiger partial charge in [-0.05, 0) is 68.6 Å². The first-order chi connectivity index (χ1) is 15.4. The molecule has 32 heavy (non-hydrogen) atoms. The van der Waals surface area contributed by atoms with Gasteiger partial charge in [0.2, 0.25) is 0 Å². The molecule has 1 aliphatic heterocycles. The number of aryl methyl sites for hydroxylation is 1. The van der Waals surface area contributed by atoms with Crippen LogP contribution in [0, 0.1) is 11.3 Å². The van der Waals surface area contributed by atoms with Crippen LogP contribution in [0.2, 0.25) is 0 Å². The SMILES string of the molecule is CC1CCc2c(ccc3c2nc(Cc2ccccc2)n3C2CC3(CC(C(=O)O)C3)C2)N1C. The summed E-state index contributed by atoms with van der Waals surface area (Å²) in [5, 5.41) is 9.32. The molecule has 1 unspecified atom stereocenters. The molecule has 1 aromatic heterocycles. The highest BCUT2D eigenvalue weighted by Crippen LogP contribution is 2.63. The molecule has 2 saturated carbocycles. The zero-order valence-corrected chi connectivity index (χ0v) is 18.9. The van der Waals surface area contributed by atoms with Crippen LogP contribution in [0.1, 0.15) is 62.0 Å². The molecule has 5 heteroatoms. The number of carbonyl (C=O) groups is 1. The molecular weight excluding hydrogens is 398 g/mol. The van der Waals surface area contributed by atoms with E-state index in [9.17, 15) is 9.90 Å². The van der Waals surface area contributed by atoms with Crippen LogP contribution in [0.3, 0.4) is 0 Å². The van der Waals surface area contributed by atoms with Crippen molar-refractivity contribution >= 4 is 22.7 Å². The number of aliphatic carboxylic acids is 1. The third-order valence-electron chi connectivity index (χ3n) is 8.48. The fraction of sp³-hybridized carbons (Fsp3) is 0.481. The lowest BCUT2D eigenvalue weighted by atomic mass is 9.50. The third kappa shape index (κ3) is 2.97. The first-order valence-corrected chi connectivity index (χ1v) is 12.0. The van der Waals surface area contributed by atoms with E-state index < -0.39 is 5.97 Å². The fourth-order valence-corrected chi connectivity index (χ4v) is 6.54. The molecule has 1 spiro atoms. The van der Waals surface area contributed by atoms with E-state index in [2.05, 4.69) is 65.9 Å². The normalized spacial score (nSPS) is 28.9. The lowest BCUT2D eigenvalue weighted by molar-refractivity contribution is -0.157. The minimum absolute atomic E-state index is 0.135. The van der Waals surface area contributed by atoms with E-state index in [1.54, 1.807) is 0 Å². The minimum atomic E-state index is -0.623. The average molecular weight is 430 g/mol. The summed E-state index contributed by atoms with van der Waals surface area (Å²) in [6.45, 7) is 2.30. The number of benzene rings is 2. The van der Waals surface area contributed by atoms with Crippen LogP contribution in [0.5, 0.6) is 0 Å². The zero-order valence-electron chi connectivity index (χ0n) is 18.9. The van der Waals surface area contributed by atoms with Crippen LogP contribution in [0.15, 0.2) is 42.5 Å². The summed E-state index contributed by atoms with van der Waals surface area (Å²) in [5.74, 6) is 0.389. The predicted molar refractivity (Wildman–Crippen MR) is 126 cm³/mol. The highest BCUT2D eigenvalue weighted by atomic mass is 16.4. The maximum Gasteiger partial charge on any atom is 0.306 e. The summed E-state index contributed by atoms with van der Waals surface area (Å²) >= 11 is 0. The van der Waals surface area contributed by atoms with E-state index in [1.807, 2.05) is 0 Å². The number of hydrogen-bond donors (Lipinski definition) is 1. The molecule has 166 valence electrons. The van der Waals surface area contributed by atoms with Gasteiger partial charge in [0, 0.05) is 36.8 Å². The first-order valence-electron chi connectivity index (χ1n) is 12.0. The molecule has 2 aromatic carbocycles. The lowest BCUT2D eigenvalue weighted by Gasteiger charge is -2.57. The molecule has 2 aliphatic carbocycles. The molecule has 1 N–H and O–H groups in total. The summed E-state index contributed by atoms with van der Waals surface area (Å²) < 4.78 is 2.50. The van der Waals surface area contributed by atoms with E-state index in [1.165, 1.54) is 27.8 Å². The number of rotatable bonds is 4. The highest BCUT2D eigenvalue weighted by molar-refractivity contribution is 5.86. The maximum atomic E-state index is 11.3. The number of carboxylic acids is 1. The Hall–Kier alpha value is -2.82. The van der Waals surface area contributed by atoms with Gasteiger partial charge in [-0.3, -0.25) is 4.79 Å². The number of carboxylic acid groups (broad SMARTS) is 1. The number of anilines is 1. The van der Waals surface area contributed by atoms with Crippen LogP contribution in [-0.4, -0.2) is 33.7 Å². The van der Waals surface area contributed by atoms with Crippen molar-refractivity contribution in [2.45, 2.75) is 64.0 Å². The van der Waals surface area contributed by atoms with Gasteiger partial charge in [0.05, 0.1) is 17.0 Å². The molecule has 0 radical (unpaired) electrons. The molecule has 2 heterocycles. The number of nitrogens with zero attached hydrogens (tertiary/aromatic N) is 3. The molecular formula is C27H31N3O2. The van der Waals surface area contributed by atoms with Crippen LogP contribution < -0.4 is 4.90 Å². The smallest absolute Gasteiger partial charge is 0.306 e. The quantitative estimate of drug-likeness (QED) is 0.618. The van der Waals surface area contributed by atoms with Crippen molar-refractivity contribution in [3.63, 3.8) is 0 Å². The number of aromatic nitrogens is 2. The summed E-state index contributed by atoms with van der Waals surface area (Å²) in [4.78, 5) is 19.0. The Morgan fingerprint density at radius 3 is 2.59 bits per heavy atom. The van der Waals surface area contributed by atoms with Gasteiger partial charge in [-0.2, -0.15) is 0 Å². The number of imidazole rings is 1. The molecule has 0 saturated heterocycles.